The van der Waals surface area contributed by atoms with Crippen molar-refractivity contribution in [3.05, 3.63) is 35.4 Å². The quantitative estimate of drug-likeness (QED) is 0.760. The summed E-state index contributed by atoms with van der Waals surface area (Å²) in [6.45, 7) is 5.08. The fourth-order valence-electron chi connectivity index (χ4n) is 3.32. The predicted molar refractivity (Wildman–Crippen MR) is 80.5 cm³/mol. The number of benzene rings is 1. The Balaban J connectivity index is 1.95. The van der Waals surface area contributed by atoms with Crippen LogP contribution in [-0.2, 0) is 11.2 Å². The number of rotatable bonds is 7. The third-order valence-electron chi connectivity index (χ3n) is 4.31. The summed E-state index contributed by atoms with van der Waals surface area (Å²) in [7, 11) is 1.76. The van der Waals surface area contributed by atoms with Crippen LogP contribution in [0.15, 0.2) is 24.3 Å². The number of methoxy groups -OCH3 is 1. The number of nitrogens with one attached hydrogen (secondary N) is 1. The van der Waals surface area contributed by atoms with E-state index in [4.69, 9.17) is 4.74 Å². The van der Waals surface area contributed by atoms with Gasteiger partial charge in [0.05, 0.1) is 6.61 Å². The molecule has 0 atom stereocenters. The molecule has 1 fully saturated rings. The summed E-state index contributed by atoms with van der Waals surface area (Å²) in [6, 6.07) is 8.99. The van der Waals surface area contributed by atoms with Crippen molar-refractivity contribution in [1.82, 2.24) is 5.32 Å². The molecule has 0 radical (unpaired) electrons. The van der Waals surface area contributed by atoms with Gasteiger partial charge in [0.15, 0.2) is 0 Å². The van der Waals surface area contributed by atoms with E-state index in [2.05, 4.69) is 36.5 Å². The molecule has 1 aromatic carbocycles. The van der Waals surface area contributed by atoms with Gasteiger partial charge in [-0.05, 0) is 37.2 Å². The van der Waals surface area contributed by atoms with Crippen LogP contribution in [0.5, 0.6) is 0 Å². The molecular formula is C17H27NO. The van der Waals surface area contributed by atoms with Gasteiger partial charge >= 0.3 is 0 Å². The van der Waals surface area contributed by atoms with Gasteiger partial charge in [-0.1, -0.05) is 42.7 Å². The fraction of sp³-hybridized carbons (Fsp3) is 0.647. The molecule has 0 unspecified atom stereocenters. The van der Waals surface area contributed by atoms with Crippen molar-refractivity contribution in [2.75, 3.05) is 26.8 Å². The molecule has 0 saturated heterocycles. The van der Waals surface area contributed by atoms with E-state index < -0.39 is 0 Å². The van der Waals surface area contributed by atoms with Crippen LogP contribution in [0.3, 0.4) is 0 Å². The maximum absolute atomic E-state index is 5.11. The summed E-state index contributed by atoms with van der Waals surface area (Å²) < 4.78 is 5.11. The van der Waals surface area contributed by atoms with Crippen molar-refractivity contribution < 1.29 is 4.74 Å². The lowest BCUT2D eigenvalue weighted by Gasteiger charge is -2.30. The highest BCUT2D eigenvalue weighted by molar-refractivity contribution is 5.23. The maximum atomic E-state index is 5.11. The van der Waals surface area contributed by atoms with Gasteiger partial charge in [0.2, 0.25) is 0 Å². The zero-order valence-corrected chi connectivity index (χ0v) is 12.4. The second-order valence-electron chi connectivity index (χ2n) is 6.04. The van der Waals surface area contributed by atoms with Crippen LogP contribution in [0.25, 0.3) is 0 Å². The van der Waals surface area contributed by atoms with Crippen LogP contribution in [0.2, 0.25) is 0 Å². The molecule has 0 bridgehead atoms. The highest BCUT2D eigenvalue weighted by Crippen LogP contribution is 2.40. The number of aryl methyl sites for hydroxylation is 1. The van der Waals surface area contributed by atoms with E-state index in [1.807, 2.05) is 0 Å². The highest BCUT2D eigenvalue weighted by atomic mass is 16.5. The van der Waals surface area contributed by atoms with Gasteiger partial charge in [-0.3, -0.25) is 0 Å². The van der Waals surface area contributed by atoms with Crippen molar-refractivity contribution in [1.29, 1.82) is 0 Å². The summed E-state index contributed by atoms with van der Waals surface area (Å²) in [5.74, 6) is 0. The minimum absolute atomic E-state index is 0.474. The van der Waals surface area contributed by atoms with Crippen molar-refractivity contribution >= 4 is 0 Å². The largest absolute Gasteiger partial charge is 0.383 e. The van der Waals surface area contributed by atoms with E-state index in [0.717, 1.165) is 19.7 Å². The van der Waals surface area contributed by atoms with Crippen LogP contribution in [0.4, 0.5) is 0 Å². The van der Waals surface area contributed by atoms with Crippen molar-refractivity contribution in [3.63, 3.8) is 0 Å². The molecule has 2 rings (SSSR count). The molecule has 0 heterocycles. The summed E-state index contributed by atoms with van der Waals surface area (Å²) in [5.41, 5.74) is 3.34. The van der Waals surface area contributed by atoms with E-state index in [0.29, 0.717) is 5.41 Å². The van der Waals surface area contributed by atoms with Gasteiger partial charge in [-0.25, -0.2) is 0 Å². The first-order chi connectivity index (χ1) is 9.24. The lowest BCUT2D eigenvalue weighted by Crippen LogP contribution is -2.35. The normalized spacial score (nSPS) is 17.8. The molecule has 0 aromatic heterocycles. The topological polar surface area (TPSA) is 21.3 Å². The van der Waals surface area contributed by atoms with Crippen LogP contribution < -0.4 is 5.32 Å². The van der Waals surface area contributed by atoms with E-state index in [1.54, 1.807) is 7.11 Å². The van der Waals surface area contributed by atoms with Gasteiger partial charge in [-0.2, -0.15) is 0 Å². The Hall–Kier alpha value is -0.860. The van der Waals surface area contributed by atoms with E-state index >= 15 is 0 Å². The Labute approximate surface area is 117 Å². The smallest absolute Gasteiger partial charge is 0.0587 e. The summed E-state index contributed by atoms with van der Waals surface area (Å²) in [5, 5.41) is 3.58. The molecule has 1 aliphatic rings. The van der Waals surface area contributed by atoms with E-state index in [-0.39, 0.29) is 0 Å². The van der Waals surface area contributed by atoms with Crippen molar-refractivity contribution in [2.24, 2.45) is 5.41 Å². The number of hydrogen-bond donors (Lipinski definition) is 1. The second kappa shape index (κ2) is 7.06. The molecule has 2 nitrogen and oxygen atoms in total. The van der Waals surface area contributed by atoms with E-state index in [1.165, 1.54) is 43.2 Å². The molecule has 1 saturated carbocycles. The summed E-state index contributed by atoms with van der Waals surface area (Å²) in [6.07, 6.45) is 6.71. The first kappa shape index (κ1) is 14.5. The van der Waals surface area contributed by atoms with Crippen molar-refractivity contribution in [3.8, 4) is 0 Å². The maximum Gasteiger partial charge on any atom is 0.0587 e. The van der Waals surface area contributed by atoms with Gasteiger partial charge in [0.25, 0.3) is 0 Å². The molecule has 1 aromatic rings. The lowest BCUT2D eigenvalue weighted by molar-refractivity contribution is 0.190. The summed E-state index contributed by atoms with van der Waals surface area (Å²) >= 11 is 0. The van der Waals surface area contributed by atoms with Crippen molar-refractivity contribution in [2.45, 2.75) is 39.0 Å². The minimum Gasteiger partial charge on any atom is -0.383 e. The van der Waals surface area contributed by atoms with Crippen LogP contribution in [0, 0.1) is 12.3 Å². The Morgan fingerprint density at radius 3 is 2.74 bits per heavy atom. The van der Waals surface area contributed by atoms with Crippen LogP contribution in [-0.4, -0.2) is 26.8 Å². The highest BCUT2D eigenvalue weighted by Gasteiger charge is 2.33. The Morgan fingerprint density at radius 2 is 2.05 bits per heavy atom. The summed E-state index contributed by atoms with van der Waals surface area (Å²) in [4.78, 5) is 0. The van der Waals surface area contributed by atoms with Gasteiger partial charge in [-0.15, -0.1) is 0 Å². The standard InChI is InChI=1S/C17H27NO/c1-15-6-5-7-16(12-15)13-17(8-3-4-9-17)14-18-10-11-19-2/h5-7,12,18H,3-4,8-11,13-14H2,1-2H3. The third-order valence-corrected chi connectivity index (χ3v) is 4.31. The SMILES string of the molecule is COCCNCC1(Cc2cccc(C)c2)CCCC1. The van der Waals surface area contributed by atoms with Gasteiger partial charge in [0, 0.05) is 20.2 Å². The first-order valence-electron chi connectivity index (χ1n) is 7.49. The third kappa shape index (κ3) is 4.32. The van der Waals surface area contributed by atoms with E-state index in [9.17, 15) is 0 Å². The first-order valence-corrected chi connectivity index (χ1v) is 7.49. The molecule has 1 aliphatic carbocycles. The minimum atomic E-state index is 0.474. The molecular weight excluding hydrogens is 234 g/mol. The Morgan fingerprint density at radius 1 is 1.26 bits per heavy atom. The number of hydrogen-bond acceptors (Lipinski definition) is 2. The Bertz CT molecular complexity index is 383. The predicted octanol–water partition coefficient (Wildman–Crippen LogP) is 3.33. The molecule has 1 N–H and O–H groups in total. The zero-order chi connectivity index (χ0) is 13.6. The fourth-order valence-corrected chi connectivity index (χ4v) is 3.32. The second-order valence-corrected chi connectivity index (χ2v) is 6.04. The monoisotopic (exact) mass is 261 g/mol. The van der Waals surface area contributed by atoms with Crippen LogP contribution in [0.1, 0.15) is 36.8 Å². The van der Waals surface area contributed by atoms with Gasteiger partial charge < -0.3 is 10.1 Å². The average molecular weight is 261 g/mol. The number of ether oxygens (including phenoxy) is 1. The average Bonchev–Trinajstić information content (AvgIpc) is 2.84. The zero-order valence-electron chi connectivity index (χ0n) is 12.4. The Kier molecular flexibility index (Phi) is 5.41. The molecule has 0 amide bonds. The molecule has 0 spiro atoms. The molecule has 2 heteroatoms. The molecule has 0 aliphatic heterocycles. The van der Waals surface area contributed by atoms with Gasteiger partial charge in [0.1, 0.15) is 0 Å². The molecule has 19 heavy (non-hydrogen) atoms. The lowest BCUT2D eigenvalue weighted by atomic mass is 9.79. The molecule has 106 valence electrons. The van der Waals surface area contributed by atoms with Crippen LogP contribution >= 0.6 is 0 Å².